The second-order valence-electron chi connectivity index (χ2n) is 3.67. The zero-order chi connectivity index (χ0) is 12.8. The highest BCUT2D eigenvalue weighted by atomic mass is 79.9. The van der Waals surface area contributed by atoms with E-state index in [2.05, 4.69) is 20.9 Å². The van der Waals surface area contributed by atoms with Crippen molar-refractivity contribution in [2.75, 3.05) is 7.05 Å². The molecule has 1 aromatic rings. The minimum absolute atomic E-state index is 0.212. The molecular weight excluding hydrogens is 282 g/mol. The lowest BCUT2D eigenvalue weighted by Gasteiger charge is -2.10. The Morgan fingerprint density at radius 3 is 2.76 bits per heavy atom. The van der Waals surface area contributed by atoms with Crippen LogP contribution in [0.25, 0.3) is 0 Å². The van der Waals surface area contributed by atoms with E-state index in [1.54, 1.807) is 13.1 Å². The maximum atomic E-state index is 11.5. The number of ether oxygens (including phenoxy) is 1. The summed E-state index contributed by atoms with van der Waals surface area (Å²) >= 11 is 3.37. The normalized spacial score (nSPS) is 11.4. The van der Waals surface area contributed by atoms with E-state index in [4.69, 9.17) is 4.74 Å². The second kappa shape index (κ2) is 6.55. The number of carbonyl (C=O) groups is 1. The van der Waals surface area contributed by atoms with Gasteiger partial charge >= 0.3 is 5.97 Å². The number of carbonyl (C=O) groups excluding carboxylic acids is 1. The third-order valence-electron chi connectivity index (χ3n) is 2.35. The third kappa shape index (κ3) is 3.97. The smallest absolute Gasteiger partial charge is 0.311 e. The highest BCUT2D eigenvalue weighted by molar-refractivity contribution is 9.10. The fourth-order valence-corrected chi connectivity index (χ4v) is 1.72. The standard InChI is InChI=1S/C13H16BrNO2/c1-4-5-13(16)17-12-8-10(14)6-7-11(12)9(2)15-3/h6-8H,4-5H2,1-3H3. The monoisotopic (exact) mass is 297 g/mol. The van der Waals surface area contributed by atoms with E-state index in [0.29, 0.717) is 12.2 Å². The van der Waals surface area contributed by atoms with Crippen LogP contribution in [0.5, 0.6) is 5.75 Å². The van der Waals surface area contributed by atoms with E-state index in [9.17, 15) is 4.79 Å². The van der Waals surface area contributed by atoms with Gasteiger partial charge in [-0.2, -0.15) is 0 Å². The number of hydrogen-bond donors (Lipinski definition) is 0. The largest absolute Gasteiger partial charge is 0.426 e. The number of aliphatic imine (C=N–C) groups is 1. The van der Waals surface area contributed by atoms with Crippen molar-refractivity contribution in [2.45, 2.75) is 26.7 Å². The maximum absolute atomic E-state index is 11.5. The summed E-state index contributed by atoms with van der Waals surface area (Å²) in [6.07, 6.45) is 1.21. The summed E-state index contributed by atoms with van der Waals surface area (Å²) in [6, 6.07) is 5.58. The van der Waals surface area contributed by atoms with Crippen LogP contribution < -0.4 is 4.74 Å². The van der Waals surface area contributed by atoms with Crippen LogP contribution in [-0.4, -0.2) is 18.7 Å². The van der Waals surface area contributed by atoms with Gasteiger partial charge in [-0.25, -0.2) is 0 Å². The molecule has 0 fully saturated rings. The van der Waals surface area contributed by atoms with Crippen molar-refractivity contribution >= 4 is 27.6 Å². The summed E-state index contributed by atoms with van der Waals surface area (Å²) in [5.41, 5.74) is 1.69. The van der Waals surface area contributed by atoms with E-state index in [1.807, 2.05) is 26.0 Å². The first-order chi connectivity index (χ1) is 8.08. The summed E-state index contributed by atoms with van der Waals surface area (Å²) in [5, 5.41) is 0. The zero-order valence-electron chi connectivity index (χ0n) is 10.3. The first-order valence-corrected chi connectivity index (χ1v) is 6.31. The first-order valence-electron chi connectivity index (χ1n) is 5.52. The van der Waals surface area contributed by atoms with Gasteiger partial charge in [0.05, 0.1) is 0 Å². The molecule has 3 nitrogen and oxygen atoms in total. The minimum atomic E-state index is -0.212. The van der Waals surface area contributed by atoms with Crippen molar-refractivity contribution in [2.24, 2.45) is 4.99 Å². The molecule has 17 heavy (non-hydrogen) atoms. The predicted octanol–water partition coefficient (Wildman–Crippen LogP) is 3.59. The highest BCUT2D eigenvalue weighted by Crippen LogP contribution is 2.25. The Balaban J connectivity index is 3.03. The molecule has 0 spiro atoms. The van der Waals surface area contributed by atoms with E-state index < -0.39 is 0 Å². The molecule has 0 aliphatic heterocycles. The molecule has 0 saturated heterocycles. The third-order valence-corrected chi connectivity index (χ3v) is 2.84. The van der Waals surface area contributed by atoms with E-state index in [1.165, 1.54) is 0 Å². The average molecular weight is 298 g/mol. The predicted molar refractivity (Wildman–Crippen MR) is 72.8 cm³/mol. The quantitative estimate of drug-likeness (QED) is 0.484. The molecule has 0 radical (unpaired) electrons. The lowest BCUT2D eigenvalue weighted by atomic mass is 10.1. The van der Waals surface area contributed by atoms with Gasteiger partial charge in [0.15, 0.2) is 0 Å². The summed E-state index contributed by atoms with van der Waals surface area (Å²) in [5.74, 6) is 0.344. The number of hydrogen-bond acceptors (Lipinski definition) is 3. The minimum Gasteiger partial charge on any atom is -0.426 e. The van der Waals surface area contributed by atoms with Crippen LogP contribution in [0.15, 0.2) is 27.7 Å². The number of halogens is 1. The Bertz CT molecular complexity index is 441. The maximum Gasteiger partial charge on any atom is 0.311 e. The van der Waals surface area contributed by atoms with Crippen LogP contribution in [0.4, 0.5) is 0 Å². The molecule has 0 unspecified atom stereocenters. The fourth-order valence-electron chi connectivity index (χ4n) is 1.38. The number of nitrogens with zero attached hydrogens (tertiary/aromatic N) is 1. The SMILES string of the molecule is CCCC(=O)Oc1cc(Br)ccc1C(C)=NC. The molecule has 1 rings (SSSR count). The van der Waals surface area contributed by atoms with Gasteiger partial charge in [-0.1, -0.05) is 22.9 Å². The van der Waals surface area contributed by atoms with Crippen LogP contribution in [0.1, 0.15) is 32.3 Å². The lowest BCUT2D eigenvalue weighted by molar-refractivity contribution is -0.134. The number of esters is 1. The zero-order valence-corrected chi connectivity index (χ0v) is 11.9. The van der Waals surface area contributed by atoms with E-state index in [0.717, 1.165) is 22.2 Å². The molecule has 1 aromatic carbocycles. The molecule has 0 bridgehead atoms. The van der Waals surface area contributed by atoms with Crippen LogP contribution in [0.2, 0.25) is 0 Å². The number of benzene rings is 1. The second-order valence-corrected chi connectivity index (χ2v) is 4.59. The van der Waals surface area contributed by atoms with Crippen molar-refractivity contribution in [3.05, 3.63) is 28.2 Å². The van der Waals surface area contributed by atoms with Crippen LogP contribution in [-0.2, 0) is 4.79 Å². The van der Waals surface area contributed by atoms with Crippen LogP contribution in [0, 0.1) is 0 Å². The lowest BCUT2D eigenvalue weighted by Crippen LogP contribution is -2.10. The highest BCUT2D eigenvalue weighted by Gasteiger charge is 2.11. The van der Waals surface area contributed by atoms with Gasteiger partial charge in [0.25, 0.3) is 0 Å². The van der Waals surface area contributed by atoms with Crippen molar-refractivity contribution in [3.8, 4) is 5.75 Å². The van der Waals surface area contributed by atoms with Gasteiger partial charge in [0.1, 0.15) is 5.75 Å². The van der Waals surface area contributed by atoms with Crippen molar-refractivity contribution in [1.29, 1.82) is 0 Å². The molecule has 0 aromatic heterocycles. The Hall–Kier alpha value is -1.16. The molecule has 0 saturated carbocycles. The Kier molecular flexibility index (Phi) is 5.35. The average Bonchev–Trinajstić information content (AvgIpc) is 2.28. The summed E-state index contributed by atoms with van der Waals surface area (Å²) < 4.78 is 6.22. The van der Waals surface area contributed by atoms with Gasteiger partial charge in [-0.05, 0) is 31.5 Å². The molecule has 0 amide bonds. The molecule has 0 N–H and O–H groups in total. The first kappa shape index (κ1) is 13.9. The Morgan fingerprint density at radius 1 is 1.47 bits per heavy atom. The van der Waals surface area contributed by atoms with Gasteiger partial charge in [0.2, 0.25) is 0 Å². The van der Waals surface area contributed by atoms with Crippen LogP contribution >= 0.6 is 15.9 Å². The molecular formula is C13H16BrNO2. The van der Waals surface area contributed by atoms with E-state index in [-0.39, 0.29) is 5.97 Å². The van der Waals surface area contributed by atoms with Crippen molar-refractivity contribution in [3.63, 3.8) is 0 Å². The van der Waals surface area contributed by atoms with Gasteiger partial charge in [-0.3, -0.25) is 9.79 Å². The molecule has 0 aliphatic rings. The molecule has 0 aliphatic carbocycles. The molecule has 0 atom stereocenters. The van der Waals surface area contributed by atoms with Crippen LogP contribution in [0.3, 0.4) is 0 Å². The molecule has 92 valence electrons. The summed E-state index contributed by atoms with van der Waals surface area (Å²) in [4.78, 5) is 15.6. The summed E-state index contributed by atoms with van der Waals surface area (Å²) in [7, 11) is 1.72. The van der Waals surface area contributed by atoms with Crippen molar-refractivity contribution in [1.82, 2.24) is 0 Å². The van der Waals surface area contributed by atoms with Gasteiger partial charge in [0, 0.05) is 29.2 Å². The molecule has 0 heterocycles. The van der Waals surface area contributed by atoms with Crippen molar-refractivity contribution < 1.29 is 9.53 Å². The Labute approximate surface area is 110 Å². The number of rotatable bonds is 4. The van der Waals surface area contributed by atoms with Gasteiger partial charge in [-0.15, -0.1) is 0 Å². The topological polar surface area (TPSA) is 38.7 Å². The van der Waals surface area contributed by atoms with Gasteiger partial charge < -0.3 is 4.74 Å². The Morgan fingerprint density at radius 2 is 2.18 bits per heavy atom. The fraction of sp³-hybridized carbons (Fsp3) is 0.385. The summed E-state index contributed by atoms with van der Waals surface area (Å²) in [6.45, 7) is 3.84. The molecule has 4 heteroatoms. The van der Waals surface area contributed by atoms with E-state index >= 15 is 0 Å².